The van der Waals surface area contributed by atoms with Gasteiger partial charge in [0.2, 0.25) is 15.9 Å². The number of benzene rings is 1. The quantitative estimate of drug-likeness (QED) is 0.730. The Bertz CT molecular complexity index is 678. The van der Waals surface area contributed by atoms with Crippen LogP contribution in [0.4, 0.5) is 5.69 Å². The molecule has 0 saturated heterocycles. The van der Waals surface area contributed by atoms with Crippen LogP contribution >= 0.6 is 23.2 Å². The van der Waals surface area contributed by atoms with Gasteiger partial charge >= 0.3 is 0 Å². The Kier molecular flexibility index (Phi) is 7.83. The predicted octanol–water partition coefficient (Wildman–Crippen LogP) is 3.70. The van der Waals surface area contributed by atoms with E-state index in [9.17, 15) is 13.2 Å². The van der Waals surface area contributed by atoms with Crippen molar-refractivity contribution in [2.75, 3.05) is 17.1 Å². The zero-order chi connectivity index (χ0) is 18.5. The van der Waals surface area contributed by atoms with E-state index in [1.54, 1.807) is 12.1 Å². The number of rotatable bonds is 8. The fourth-order valence-electron chi connectivity index (χ4n) is 2.02. The monoisotopic (exact) mass is 394 g/mol. The average molecular weight is 395 g/mol. The SMILES string of the molecule is CC(C)[C@@H](C)NC(=O)CCCN(c1cc(Cl)ccc1Cl)S(C)(=O)=O. The summed E-state index contributed by atoms with van der Waals surface area (Å²) in [7, 11) is -3.53. The highest BCUT2D eigenvalue weighted by atomic mass is 35.5. The first kappa shape index (κ1) is 21.1. The van der Waals surface area contributed by atoms with Gasteiger partial charge in [0, 0.05) is 24.0 Å². The van der Waals surface area contributed by atoms with Crippen molar-refractivity contribution in [3.8, 4) is 0 Å². The van der Waals surface area contributed by atoms with Crippen LogP contribution in [-0.2, 0) is 14.8 Å². The van der Waals surface area contributed by atoms with Gasteiger partial charge in [-0.25, -0.2) is 8.42 Å². The van der Waals surface area contributed by atoms with Gasteiger partial charge in [0.05, 0.1) is 17.0 Å². The van der Waals surface area contributed by atoms with Crippen LogP contribution in [0.2, 0.25) is 10.0 Å². The Hall–Kier alpha value is -0.980. The fraction of sp³-hybridized carbons (Fsp3) is 0.562. The van der Waals surface area contributed by atoms with E-state index in [0.29, 0.717) is 28.1 Å². The molecule has 0 aliphatic carbocycles. The van der Waals surface area contributed by atoms with Crippen LogP contribution in [0.1, 0.15) is 33.6 Å². The van der Waals surface area contributed by atoms with E-state index in [1.165, 1.54) is 10.4 Å². The van der Waals surface area contributed by atoms with E-state index >= 15 is 0 Å². The lowest BCUT2D eigenvalue weighted by Gasteiger charge is -2.24. The molecule has 24 heavy (non-hydrogen) atoms. The van der Waals surface area contributed by atoms with Gasteiger partial charge in [-0.2, -0.15) is 0 Å². The van der Waals surface area contributed by atoms with Crippen LogP contribution in [-0.4, -0.2) is 33.2 Å². The van der Waals surface area contributed by atoms with Crippen molar-refractivity contribution >= 4 is 44.8 Å². The second kappa shape index (κ2) is 8.92. The van der Waals surface area contributed by atoms with Gasteiger partial charge in [0.15, 0.2) is 0 Å². The van der Waals surface area contributed by atoms with E-state index in [0.717, 1.165) is 6.26 Å². The number of carbonyl (C=O) groups is 1. The van der Waals surface area contributed by atoms with Gasteiger partial charge < -0.3 is 5.32 Å². The van der Waals surface area contributed by atoms with E-state index < -0.39 is 10.0 Å². The number of anilines is 1. The summed E-state index contributed by atoms with van der Waals surface area (Å²) in [5.74, 6) is 0.244. The van der Waals surface area contributed by atoms with Crippen LogP contribution in [0.5, 0.6) is 0 Å². The lowest BCUT2D eigenvalue weighted by Crippen LogP contribution is -2.37. The summed E-state index contributed by atoms with van der Waals surface area (Å²) in [5, 5.41) is 3.59. The van der Waals surface area contributed by atoms with Crippen LogP contribution in [0.15, 0.2) is 18.2 Å². The van der Waals surface area contributed by atoms with Gasteiger partial charge in [-0.3, -0.25) is 9.10 Å². The maximum absolute atomic E-state index is 12.1. The third-order valence-electron chi connectivity index (χ3n) is 3.73. The van der Waals surface area contributed by atoms with E-state index in [2.05, 4.69) is 5.32 Å². The summed E-state index contributed by atoms with van der Waals surface area (Å²) in [6.45, 7) is 6.15. The average Bonchev–Trinajstić information content (AvgIpc) is 2.45. The van der Waals surface area contributed by atoms with Crippen LogP contribution < -0.4 is 9.62 Å². The Morgan fingerprint density at radius 2 is 1.88 bits per heavy atom. The maximum atomic E-state index is 12.1. The smallest absolute Gasteiger partial charge is 0.232 e. The second-order valence-corrected chi connectivity index (χ2v) is 8.89. The number of hydrogen-bond donors (Lipinski definition) is 1. The van der Waals surface area contributed by atoms with Gasteiger partial charge in [0.25, 0.3) is 0 Å². The molecule has 0 saturated carbocycles. The largest absolute Gasteiger partial charge is 0.353 e. The highest BCUT2D eigenvalue weighted by Gasteiger charge is 2.21. The van der Waals surface area contributed by atoms with Gasteiger partial charge in [-0.1, -0.05) is 37.0 Å². The lowest BCUT2D eigenvalue weighted by atomic mass is 10.1. The van der Waals surface area contributed by atoms with Crippen LogP contribution in [0.25, 0.3) is 0 Å². The molecule has 0 fully saturated rings. The molecule has 0 aliphatic heterocycles. The predicted molar refractivity (Wildman–Crippen MR) is 100 cm³/mol. The van der Waals surface area contributed by atoms with Gasteiger partial charge in [0.1, 0.15) is 0 Å². The van der Waals surface area contributed by atoms with Gasteiger partial charge in [-0.15, -0.1) is 0 Å². The first-order valence-corrected chi connectivity index (χ1v) is 10.3. The van der Waals surface area contributed by atoms with E-state index in [1.807, 2.05) is 20.8 Å². The fourth-order valence-corrected chi connectivity index (χ4v) is 3.42. The molecule has 0 spiro atoms. The Balaban J connectivity index is 2.76. The summed E-state index contributed by atoms with van der Waals surface area (Å²) in [6.07, 6.45) is 1.72. The molecule has 1 rings (SSSR count). The Morgan fingerprint density at radius 3 is 2.42 bits per heavy atom. The lowest BCUT2D eigenvalue weighted by molar-refractivity contribution is -0.122. The van der Waals surface area contributed by atoms with Crippen molar-refractivity contribution in [2.24, 2.45) is 5.92 Å². The number of nitrogens with zero attached hydrogens (tertiary/aromatic N) is 1. The van der Waals surface area contributed by atoms with E-state index in [-0.39, 0.29) is 24.9 Å². The van der Waals surface area contributed by atoms with Gasteiger partial charge in [-0.05, 0) is 37.5 Å². The zero-order valence-electron chi connectivity index (χ0n) is 14.3. The number of amides is 1. The molecule has 1 N–H and O–H groups in total. The molecule has 136 valence electrons. The highest BCUT2D eigenvalue weighted by molar-refractivity contribution is 7.92. The second-order valence-electron chi connectivity index (χ2n) is 6.13. The molecular formula is C16H24Cl2N2O3S. The number of sulfonamides is 1. The Labute approximate surface area is 154 Å². The summed E-state index contributed by atoms with van der Waals surface area (Å²) in [5.41, 5.74) is 0.322. The highest BCUT2D eigenvalue weighted by Crippen LogP contribution is 2.30. The minimum Gasteiger partial charge on any atom is -0.353 e. The normalized spacial score (nSPS) is 13.0. The number of nitrogens with one attached hydrogen (secondary N) is 1. The molecule has 8 heteroatoms. The van der Waals surface area contributed by atoms with Crippen LogP contribution in [0.3, 0.4) is 0 Å². The molecule has 0 aliphatic rings. The minimum atomic E-state index is -3.53. The van der Waals surface area contributed by atoms with E-state index in [4.69, 9.17) is 23.2 Å². The van der Waals surface area contributed by atoms with Crippen molar-refractivity contribution in [3.05, 3.63) is 28.2 Å². The Morgan fingerprint density at radius 1 is 1.25 bits per heavy atom. The third-order valence-corrected chi connectivity index (χ3v) is 5.47. The first-order chi connectivity index (χ1) is 11.0. The molecule has 0 radical (unpaired) electrons. The number of halogens is 2. The molecule has 1 amide bonds. The summed E-state index contributed by atoms with van der Waals surface area (Å²) in [6, 6.07) is 4.72. The molecule has 1 aromatic carbocycles. The van der Waals surface area contributed by atoms with Crippen molar-refractivity contribution in [1.82, 2.24) is 5.32 Å². The summed E-state index contributed by atoms with van der Waals surface area (Å²) >= 11 is 12.0. The number of carbonyl (C=O) groups excluding carboxylic acids is 1. The molecule has 0 heterocycles. The molecule has 5 nitrogen and oxygen atoms in total. The molecular weight excluding hydrogens is 371 g/mol. The minimum absolute atomic E-state index is 0.0749. The first-order valence-electron chi connectivity index (χ1n) is 7.74. The summed E-state index contributed by atoms with van der Waals surface area (Å²) in [4.78, 5) is 11.9. The molecule has 0 aromatic heterocycles. The van der Waals surface area contributed by atoms with Crippen molar-refractivity contribution < 1.29 is 13.2 Å². The molecule has 0 unspecified atom stereocenters. The molecule has 0 bridgehead atoms. The van der Waals surface area contributed by atoms with Crippen LogP contribution in [0, 0.1) is 5.92 Å². The molecule has 1 atom stereocenters. The van der Waals surface area contributed by atoms with Crippen molar-refractivity contribution in [2.45, 2.75) is 39.7 Å². The maximum Gasteiger partial charge on any atom is 0.232 e. The number of hydrogen-bond acceptors (Lipinski definition) is 3. The van der Waals surface area contributed by atoms with Crippen molar-refractivity contribution in [1.29, 1.82) is 0 Å². The summed E-state index contributed by atoms with van der Waals surface area (Å²) < 4.78 is 25.3. The standard InChI is InChI=1S/C16H24Cl2N2O3S/c1-11(2)12(3)19-16(21)6-5-9-20(24(4,22)23)15-10-13(17)7-8-14(15)18/h7-8,10-12H,5-6,9H2,1-4H3,(H,19,21)/t12-/m1/s1. The third kappa shape index (κ3) is 6.49. The topological polar surface area (TPSA) is 66.5 Å². The zero-order valence-corrected chi connectivity index (χ0v) is 16.7. The van der Waals surface area contributed by atoms with Crippen molar-refractivity contribution in [3.63, 3.8) is 0 Å². The molecule has 1 aromatic rings.